The highest BCUT2D eigenvalue weighted by Gasteiger charge is 2.22. The van der Waals surface area contributed by atoms with E-state index in [9.17, 15) is 30.7 Å². The van der Waals surface area contributed by atoms with Gasteiger partial charge in [0, 0.05) is 6.42 Å². The van der Waals surface area contributed by atoms with Crippen LogP contribution < -0.4 is 0 Å². The molecule has 0 heterocycles. The van der Waals surface area contributed by atoms with Gasteiger partial charge < -0.3 is 0 Å². The summed E-state index contributed by atoms with van der Waals surface area (Å²) in [7, 11) is 0. The second-order valence-electron chi connectivity index (χ2n) is 4.00. The van der Waals surface area contributed by atoms with Gasteiger partial charge in [-0.1, -0.05) is 65.7 Å². The lowest BCUT2D eigenvalue weighted by atomic mass is 10.0. The zero-order valence-electron chi connectivity index (χ0n) is 13.2. The molecule has 0 saturated heterocycles. The summed E-state index contributed by atoms with van der Waals surface area (Å²) in [4.78, 5) is 0. The van der Waals surface area contributed by atoms with E-state index in [1.165, 1.54) is 44.9 Å². The van der Waals surface area contributed by atoms with Gasteiger partial charge in [-0.15, -0.1) is 0 Å². The number of rotatable bonds is 0. The first-order chi connectivity index (χ1) is 9.80. The summed E-state index contributed by atoms with van der Waals surface area (Å²) in [6, 6.07) is 0. The molecule has 7 heteroatoms. The van der Waals surface area contributed by atoms with E-state index >= 15 is 0 Å². The van der Waals surface area contributed by atoms with Crippen LogP contribution in [0.5, 0.6) is 0 Å². The van der Waals surface area contributed by atoms with Crippen molar-refractivity contribution in [1.29, 1.82) is 0 Å². The lowest BCUT2D eigenvalue weighted by Crippen LogP contribution is -2.02. The van der Waals surface area contributed by atoms with Gasteiger partial charge in [0.1, 0.15) is 0 Å². The van der Waals surface area contributed by atoms with Gasteiger partial charge >= 0.3 is 6.18 Å². The summed E-state index contributed by atoms with van der Waals surface area (Å²) in [5.41, 5.74) is 0. The van der Waals surface area contributed by atoms with Crippen LogP contribution in [0.2, 0.25) is 0 Å². The molecule has 0 bridgehead atoms. The van der Waals surface area contributed by atoms with E-state index in [-0.39, 0.29) is 0 Å². The second-order valence-corrected chi connectivity index (χ2v) is 4.00. The standard InChI is InChI=1S/C6H12.C3H5F3.C3H8.2CH2F2/c1-2-4-6-5-3-1;1-2-3(4,5)6;1-3-2;2*2-1-3/h1-6H2;2H2,1H3;3H2,1-2H3;2*1H2. The maximum atomic E-state index is 10.8. The molecule has 21 heavy (non-hydrogen) atoms. The monoisotopic (exact) mass is 330 g/mol. The fourth-order valence-corrected chi connectivity index (χ4v) is 1.06. The van der Waals surface area contributed by atoms with Gasteiger partial charge in [0.2, 0.25) is 13.9 Å². The molecular weight excluding hydrogens is 301 g/mol. The fraction of sp³-hybridized carbons (Fsp3) is 1.00. The van der Waals surface area contributed by atoms with Gasteiger partial charge in [-0.3, -0.25) is 0 Å². The Morgan fingerprint density at radius 3 is 0.762 bits per heavy atom. The number of hydrogen-bond acceptors (Lipinski definition) is 0. The molecule has 0 N–H and O–H groups in total. The van der Waals surface area contributed by atoms with Crippen molar-refractivity contribution in [2.45, 2.75) is 78.3 Å². The molecule has 1 fully saturated rings. The Morgan fingerprint density at radius 1 is 0.619 bits per heavy atom. The summed E-state index contributed by atoms with van der Waals surface area (Å²) >= 11 is 0. The first-order valence-corrected chi connectivity index (χ1v) is 7.11. The highest BCUT2D eigenvalue weighted by atomic mass is 19.4. The second kappa shape index (κ2) is 27.8. The van der Waals surface area contributed by atoms with E-state index < -0.39 is 26.5 Å². The molecule has 0 nitrogen and oxygen atoms in total. The van der Waals surface area contributed by atoms with E-state index in [1.807, 2.05) is 0 Å². The Morgan fingerprint density at radius 2 is 0.714 bits per heavy atom. The van der Waals surface area contributed by atoms with Crippen molar-refractivity contribution >= 4 is 0 Å². The Hall–Kier alpha value is -0.490. The van der Waals surface area contributed by atoms with Crippen molar-refractivity contribution in [3.63, 3.8) is 0 Å². The normalized spacial score (nSPS) is 12.9. The van der Waals surface area contributed by atoms with Gasteiger partial charge in [-0.05, 0) is 0 Å². The largest absolute Gasteiger partial charge is 0.388 e. The van der Waals surface area contributed by atoms with Crippen molar-refractivity contribution in [3.8, 4) is 0 Å². The topological polar surface area (TPSA) is 0 Å². The quantitative estimate of drug-likeness (QED) is 0.404. The van der Waals surface area contributed by atoms with E-state index in [1.54, 1.807) is 0 Å². The molecule has 0 aromatic rings. The average Bonchev–Trinajstić information content (AvgIpc) is 2.43. The van der Waals surface area contributed by atoms with Crippen LogP contribution in [0.25, 0.3) is 0 Å². The van der Waals surface area contributed by atoms with Crippen LogP contribution in [0, 0.1) is 0 Å². The van der Waals surface area contributed by atoms with Gasteiger partial charge in [-0.25, -0.2) is 17.6 Å². The Bertz CT molecular complexity index is 118. The van der Waals surface area contributed by atoms with Gasteiger partial charge in [0.25, 0.3) is 0 Å². The Labute approximate surface area is 124 Å². The Balaban J connectivity index is -0.0000000907. The summed E-state index contributed by atoms with van der Waals surface area (Å²) in [6.45, 7) is 1.83. The molecule has 1 aliphatic rings. The molecule has 0 aliphatic heterocycles. The third-order valence-electron chi connectivity index (χ3n) is 1.90. The SMILES string of the molecule is C1CCCCC1.CCC.CCC(F)(F)F.FCF.FCF. The van der Waals surface area contributed by atoms with Crippen molar-refractivity contribution in [3.05, 3.63) is 0 Å². The van der Waals surface area contributed by atoms with Gasteiger partial charge in [0.05, 0.1) is 0 Å². The first-order valence-electron chi connectivity index (χ1n) is 7.11. The molecule has 1 saturated carbocycles. The van der Waals surface area contributed by atoms with Crippen molar-refractivity contribution in [1.82, 2.24) is 0 Å². The molecular formula is C14H29F7. The zero-order chi connectivity index (χ0) is 17.6. The highest BCUT2D eigenvalue weighted by Crippen LogP contribution is 2.17. The van der Waals surface area contributed by atoms with Crippen LogP contribution >= 0.6 is 0 Å². The summed E-state index contributed by atoms with van der Waals surface area (Å²) in [6.07, 6.45) is 5.56. The number of alkyl halides is 7. The minimum Gasteiger partial charge on any atom is -0.214 e. The van der Waals surface area contributed by atoms with Crippen LogP contribution in [0.4, 0.5) is 30.7 Å². The summed E-state index contributed by atoms with van der Waals surface area (Å²) in [5, 5.41) is 0. The molecule has 134 valence electrons. The van der Waals surface area contributed by atoms with E-state index in [2.05, 4.69) is 13.8 Å². The van der Waals surface area contributed by atoms with Gasteiger partial charge in [0.15, 0.2) is 0 Å². The average molecular weight is 330 g/mol. The smallest absolute Gasteiger partial charge is 0.214 e. The molecule has 0 unspecified atom stereocenters. The van der Waals surface area contributed by atoms with Crippen molar-refractivity contribution in [2.24, 2.45) is 0 Å². The van der Waals surface area contributed by atoms with Crippen LogP contribution in [0.1, 0.15) is 72.1 Å². The lowest BCUT2D eigenvalue weighted by molar-refractivity contribution is -0.130. The predicted molar refractivity (Wildman–Crippen MR) is 74.2 cm³/mol. The van der Waals surface area contributed by atoms with Crippen molar-refractivity contribution in [2.75, 3.05) is 13.9 Å². The molecule has 0 amide bonds. The minimum absolute atomic E-state index is 0.729. The van der Waals surface area contributed by atoms with E-state index in [4.69, 9.17) is 0 Å². The molecule has 0 atom stereocenters. The van der Waals surface area contributed by atoms with Gasteiger partial charge in [-0.2, -0.15) is 13.2 Å². The van der Waals surface area contributed by atoms with Crippen molar-refractivity contribution < 1.29 is 30.7 Å². The van der Waals surface area contributed by atoms with E-state index in [0.29, 0.717) is 0 Å². The molecule has 0 aromatic carbocycles. The highest BCUT2D eigenvalue weighted by molar-refractivity contribution is 4.51. The van der Waals surface area contributed by atoms with Crippen LogP contribution in [0.3, 0.4) is 0 Å². The molecule has 1 rings (SSSR count). The molecule has 0 radical (unpaired) electrons. The predicted octanol–water partition coefficient (Wildman–Crippen LogP) is 7.48. The summed E-state index contributed by atoms with van der Waals surface area (Å²) < 4.78 is 70.9. The fourth-order valence-electron chi connectivity index (χ4n) is 1.06. The third kappa shape index (κ3) is 82.6. The lowest BCUT2D eigenvalue weighted by Gasteiger charge is -2.05. The third-order valence-corrected chi connectivity index (χ3v) is 1.90. The number of hydrogen-bond donors (Lipinski definition) is 0. The molecule has 1 aliphatic carbocycles. The van der Waals surface area contributed by atoms with E-state index in [0.717, 1.165) is 6.92 Å². The maximum absolute atomic E-state index is 10.8. The first kappa shape index (κ1) is 28.6. The molecule has 0 spiro atoms. The summed E-state index contributed by atoms with van der Waals surface area (Å²) in [5.74, 6) is 0. The minimum atomic E-state index is -3.96. The molecule has 0 aromatic heterocycles. The van der Waals surface area contributed by atoms with Crippen LogP contribution in [0.15, 0.2) is 0 Å². The number of halogens is 7. The maximum Gasteiger partial charge on any atom is 0.388 e. The Kier molecular flexibility index (Phi) is 37.9. The zero-order valence-corrected chi connectivity index (χ0v) is 13.2. The van der Waals surface area contributed by atoms with Crippen LogP contribution in [-0.2, 0) is 0 Å². The van der Waals surface area contributed by atoms with Crippen LogP contribution in [-0.4, -0.2) is 20.0 Å².